The minimum Gasteiger partial charge on any atom is -0.488 e. The molecule has 0 aliphatic heterocycles. The number of nitrogens with one attached hydrogen (secondary N) is 2. The highest BCUT2D eigenvalue weighted by Crippen LogP contribution is 2.19. The van der Waals surface area contributed by atoms with Crippen molar-refractivity contribution < 1.29 is 13.9 Å². The van der Waals surface area contributed by atoms with Crippen molar-refractivity contribution in [1.82, 2.24) is 20.1 Å². The monoisotopic (exact) mass is 400 g/mol. The second-order valence-corrected chi connectivity index (χ2v) is 6.49. The van der Waals surface area contributed by atoms with E-state index >= 15 is 0 Å². The third-order valence-electron chi connectivity index (χ3n) is 4.23. The van der Waals surface area contributed by atoms with Gasteiger partial charge in [0.05, 0.1) is 5.56 Å². The predicted molar refractivity (Wildman–Crippen MR) is 106 cm³/mol. The summed E-state index contributed by atoms with van der Waals surface area (Å²) in [4.78, 5) is 12.6. The van der Waals surface area contributed by atoms with Gasteiger partial charge in [-0.1, -0.05) is 24.3 Å². The maximum Gasteiger partial charge on any atom is 0.255 e. The molecule has 1 amide bonds. The van der Waals surface area contributed by atoms with Gasteiger partial charge in [0.15, 0.2) is 4.77 Å². The van der Waals surface area contributed by atoms with Crippen molar-refractivity contribution in [3.05, 3.63) is 76.1 Å². The van der Waals surface area contributed by atoms with Crippen LogP contribution in [0.25, 0.3) is 0 Å². The average molecular weight is 400 g/mol. The van der Waals surface area contributed by atoms with Crippen molar-refractivity contribution in [3.63, 3.8) is 0 Å². The summed E-state index contributed by atoms with van der Waals surface area (Å²) < 4.78 is 21.2. The molecule has 1 heterocycles. The molecule has 0 aliphatic carbocycles. The third kappa shape index (κ3) is 4.83. The van der Waals surface area contributed by atoms with E-state index in [1.807, 2.05) is 11.5 Å². The van der Waals surface area contributed by atoms with Gasteiger partial charge in [0, 0.05) is 19.5 Å². The van der Waals surface area contributed by atoms with Gasteiger partial charge in [-0.15, -0.1) is 0 Å². The highest BCUT2D eigenvalue weighted by molar-refractivity contribution is 7.71. The van der Waals surface area contributed by atoms with E-state index in [1.165, 1.54) is 12.1 Å². The largest absolute Gasteiger partial charge is 0.488 e. The fourth-order valence-electron chi connectivity index (χ4n) is 2.77. The molecule has 0 unspecified atom stereocenters. The number of para-hydroxylation sites is 1. The lowest BCUT2D eigenvalue weighted by atomic mass is 10.2. The number of carbonyl (C=O) groups excluding carboxylic acids is 1. The first kappa shape index (κ1) is 19.8. The fourth-order valence-corrected chi connectivity index (χ4v) is 3.05. The molecule has 146 valence electrons. The van der Waals surface area contributed by atoms with Crippen LogP contribution in [0.5, 0.6) is 5.75 Å². The zero-order valence-electron chi connectivity index (χ0n) is 15.4. The Bertz CT molecular complexity index is 998. The molecule has 3 aromatic rings. The van der Waals surface area contributed by atoms with Gasteiger partial charge < -0.3 is 14.6 Å². The van der Waals surface area contributed by atoms with Crippen molar-refractivity contribution in [2.45, 2.75) is 26.5 Å². The Balaban J connectivity index is 1.60. The zero-order valence-corrected chi connectivity index (χ0v) is 16.3. The molecular weight excluding hydrogens is 379 g/mol. The molecule has 6 nitrogen and oxygen atoms in total. The number of aromatic nitrogens is 3. The lowest BCUT2D eigenvalue weighted by Gasteiger charge is -2.12. The molecule has 28 heavy (non-hydrogen) atoms. The molecule has 0 radical (unpaired) electrons. The van der Waals surface area contributed by atoms with Crippen LogP contribution in [0.1, 0.15) is 28.7 Å². The van der Waals surface area contributed by atoms with Gasteiger partial charge in [-0.25, -0.2) is 4.39 Å². The van der Waals surface area contributed by atoms with Crippen LogP contribution in [0, 0.1) is 10.6 Å². The van der Waals surface area contributed by atoms with Gasteiger partial charge >= 0.3 is 0 Å². The molecule has 1 aromatic heterocycles. The van der Waals surface area contributed by atoms with Gasteiger partial charge in [0.2, 0.25) is 0 Å². The maximum atomic E-state index is 13.0. The Morgan fingerprint density at radius 3 is 2.75 bits per heavy atom. The predicted octanol–water partition coefficient (Wildman–Crippen LogP) is 3.65. The van der Waals surface area contributed by atoms with Crippen LogP contribution in [0.2, 0.25) is 0 Å². The molecule has 0 saturated carbocycles. The number of rotatable bonds is 8. The van der Waals surface area contributed by atoms with Crippen LogP contribution in [0.15, 0.2) is 48.5 Å². The van der Waals surface area contributed by atoms with E-state index in [0.29, 0.717) is 29.0 Å². The molecule has 0 aliphatic rings. The summed E-state index contributed by atoms with van der Waals surface area (Å²) in [5.41, 5.74) is 1.26. The van der Waals surface area contributed by atoms with Crippen LogP contribution < -0.4 is 10.1 Å². The SMILES string of the molecule is CCn1c(CCNC(=O)c2ccccc2OCc2ccc(F)cc2)n[nH]c1=S. The van der Waals surface area contributed by atoms with E-state index in [1.54, 1.807) is 36.4 Å². The minimum absolute atomic E-state index is 0.230. The highest BCUT2D eigenvalue weighted by atomic mass is 32.1. The summed E-state index contributed by atoms with van der Waals surface area (Å²) in [7, 11) is 0. The molecule has 0 saturated heterocycles. The molecule has 3 rings (SSSR count). The maximum absolute atomic E-state index is 13.0. The van der Waals surface area contributed by atoms with Crippen molar-refractivity contribution in [2.24, 2.45) is 0 Å². The molecule has 0 atom stereocenters. The number of H-pyrrole nitrogens is 1. The van der Waals surface area contributed by atoms with E-state index in [0.717, 1.165) is 17.9 Å². The molecular formula is C20H21FN4O2S. The van der Waals surface area contributed by atoms with E-state index in [-0.39, 0.29) is 18.3 Å². The normalized spacial score (nSPS) is 10.6. The Hall–Kier alpha value is -3.00. The lowest BCUT2D eigenvalue weighted by Crippen LogP contribution is -2.27. The Morgan fingerprint density at radius 1 is 1.25 bits per heavy atom. The van der Waals surface area contributed by atoms with Crippen molar-refractivity contribution in [2.75, 3.05) is 6.54 Å². The summed E-state index contributed by atoms with van der Waals surface area (Å²) in [6.07, 6.45) is 0.561. The number of carbonyl (C=O) groups is 1. The van der Waals surface area contributed by atoms with Crippen LogP contribution in [-0.2, 0) is 19.6 Å². The quantitative estimate of drug-likeness (QED) is 0.566. The summed E-state index contributed by atoms with van der Waals surface area (Å²) >= 11 is 5.16. The number of hydrogen-bond donors (Lipinski definition) is 2. The molecule has 8 heteroatoms. The number of ether oxygens (including phenoxy) is 1. The van der Waals surface area contributed by atoms with E-state index in [2.05, 4.69) is 15.5 Å². The third-order valence-corrected chi connectivity index (χ3v) is 4.54. The summed E-state index contributed by atoms with van der Waals surface area (Å²) in [6, 6.07) is 13.1. The number of amides is 1. The second-order valence-electron chi connectivity index (χ2n) is 6.11. The molecule has 2 aromatic carbocycles. The number of nitrogens with zero attached hydrogens (tertiary/aromatic N) is 2. The zero-order chi connectivity index (χ0) is 19.9. The van der Waals surface area contributed by atoms with Crippen LogP contribution in [0.4, 0.5) is 4.39 Å². The molecule has 0 fully saturated rings. The van der Waals surface area contributed by atoms with Crippen molar-refractivity contribution >= 4 is 18.1 Å². The Labute approximate surface area is 167 Å². The Kier molecular flexibility index (Phi) is 6.54. The number of hydrogen-bond acceptors (Lipinski definition) is 4. The van der Waals surface area contributed by atoms with Crippen LogP contribution in [0.3, 0.4) is 0 Å². The smallest absolute Gasteiger partial charge is 0.255 e. The van der Waals surface area contributed by atoms with Crippen molar-refractivity contribution in [3.8, 4) is 5.75 Å². The second kappa shape index (κ2) is 9.27. The number of benzene rings is 2. The minimum atomic E-state index is -0.298. The van der Waals surface area contributed by atoms with Gasteiger partial charge in [0.1, 0.15) is 24.0 Å². The first-order valence-corrected chi connectivity index (χ1v) is 9.38. The van der Waals surface area contributed by atoms with Gasteiger partial charge in [-0.3, -0.25) is 9.89 Å². The lowest BCUT2D eigenvalue weighted by molar-refractivity contribution is 0.0949. The van der Waals surface area contributed by atoms with E-state index in [4.69, 9.17) is 17.0 Å². The number of halogens is 1. The van der Waals surface area contributed by atoms with Crippen molar-refractivity contribution in [1.29, 1.82) is 0 Å². The molecule has 0 bridgehead atoms. The number of aromatic amines is 1. The highest BCUT2D eigenvalue weighted by Gasteiger charge is 2.13. The molecule has 2 N–H and O–H groups in total. The van der Waals surface area contributed by atoms with Gasteiger partial charge in [-0.05, 0) is 49.0 Å². The Morgan fingerprint density at radius 2 is 2.00 bits per heavy atom. The molecule has 0 spiro atoms. The van der Waals surface area contributed by atoms with Gasteiger partial charge in [0.25, 0.3) is 5.91 Å². The first-order valence-electron chi connectivity index (χ1n) is 8.97. The topological polar surface area (TPSA) is 71.9 Å². The summed E-state index contributed by atoms with van der Waals surface area (Å²) in [5.74, 6) is 0.745. The van der Waals surface area contributed by atoms with Crippen LogP contribution >= 0.6 is 12.2 Å². The standard InChI is InChI=1S/C20H21FN4O2S/c1-2-25-18(23-24-20(25)28)11-12-22-19(26)16-5-3-4-6-17(16)27-13-14-7-9-15(21)10-8-14/h3-10H,2,11-13H2,1H3,(H,22,26)(H,24,28). The van der Waals surface area contributed by atoms with Gasteiger partial charge in [-0.2, -0.15) is 5.10 Å². The average Bonchev–Trinajstić information content (AvgIpc) is 3.07. The first-order chi connectivity index (χ1) is 13.6. The summed E-state index contributed by atoms with van der Waals surface area (Å²) in [5, 5.41) is 9.83. The van der Waals surface area contributed by atoms with E-state index < -0.39 is 0 Å². The van der Waals surface area contributed by atoms with Crippen LogP contribution in [-0.4, -0.2) is 27.2 Å². The van der Waals surface area contributed by atoms with E-state index in [9.17, 15) is 9.18 Å². The summed E-state index contributed by atoms with van der Waals surface area (Å²) in [6.45, 7) is 3.38. The fraction of sp³-hybridized carbons (Fsp3) is 0.250.